The van der Waals surface area contributed by atoms with E-state index in [4.69, 9.17) is 5.11 Å². The highest BCUT2D eigenvalue weighted by atomic mass is 16.3. The summed E-state index contributed by atoms with van der Waals surface area (Å²) < 4.78 is 1.47. The summed E-state index contributed by atoms with van der Waals surface area (Å²) in [4.78, 5) is 24.2. The molecule has 0 saturated heterocycles. The van der Waals surface area contributed by atoms with Crippen LogP contribution in [0, 0.1) is 11.8 Å². The van der Waals surface area contributed by atoms with Crippen LogP contribution in [0.2, 0.25) is 0 Å². The van der Waals surface area contributed by atoms with E-state index in [1.165, 1.54) is 16.8 Å². The van der Waals surface area contributed by atoms with Crippen molar-refractivity contribution in [2.45, 2.75) is 13.0 Å². The van der Waals surface area contributed by atoms with Gasteiger partial charge in [-0.1, -0.05) is 0 Å². The number of hydrogen-bond donors (Lipinski definition) is 2. The topological polar surface area (TPSA) is 75.1 Å². The predicted octanol–water partition coefficient (Wildman–Crippen LogP) is -0.835. The van der Waals surface area contributed by atoms with Crippen molar-refractivity contribution in [2.24, 2.45) is 11.8 Å². The quantitative estimate of drug-likeness (QED) is 0.662. The molecule has 0 aliphatic heterocycles. The Morgan fingerprint density at radius 3 is 2.86 bits per heavy atom. The molecule has 1 fully saturated rings. The van der Waals surface area contributed by atoms with Crippen molar-refractivity contribution in [1.29, 1.82) is 0 Å². The van der Waals surface area contributed by atoms with Crippen molar-refractivity contribution >= 4 is 0 Å². The normalized spacial score (nSPS) is 24.9. The molecule has 2 rings (SSSR count). The van der Waals surface area contributed by atoms with E-state index in [2.05, 4.69) is 4.98 Å². The Morgan fingerprint density at radius 1 is 1.50 bits per heavy atom. The first-order valence-corrected chi connectivity index (χ1v) is 4.61. The summed E-state index contributed by atoms with van der Waals surface area (Å²) in [6.45, 7) is 0.767. The molecule has 0 aromatic carbocycles. The lowest BCUT2D eigenvalue weighted by Crippen LogP contribution is -2.29. The minimum absolute atomic E-state index is 0.183. The molecule has 5 nitrogen and oxygen atoms in total. The van der Waals surface area contributed by atoms with Crippen LogP contribution in [0.3, 0.4) is 0 Å². The van der Waals surface area contributed by atoms with Gasteiger partial charge in [-0.15, -0.1) is 0 Å². The van der Waals surface area contributed by atoms with Gasteiger partial charge in [-0.25, -0.2) is 4.79 Å². The lowest BCUT2D eigenvalue weighted by atomic mass is 10.3. The van der Waals surface area contributed by atoms with Crippen molar-refractivity contribution in [3.63, 3.8) is 0 Å². The molecule has 0 bridgehead atoms. The third-order valence-corrected chi connectivity index (χ3v) is 2.63. The fourth-order valence-electron chi connectivity index (χ4n) is 1.60. The average molecular weight is 196 g/mol. The summed E-state index contributed by atoms with van der Waals surface area (Å²) >= 11 is 0. The number of nitrogens with zero attached hydrogens (tertiary/aromatic N) is 1. The molecule has 1 saturated carbocycles. The average Bonchev–Trinajstić information content (AvgIpc) is 2.89. The Morgan fingerprint density at radius 2 is 2.29 bits per heavy atom. The van der Waals surface area contributed by atoms with E-state index in [-0.39, 0.29) is 17.9 Å². The van der Waals surface area contributed by atoms with Crippen LogP contribution in [0.15, 0.2) is 21.9 Å². The number of nitrogens with one attached hydrogen (secondary N) is 1. The van der Waals surface area contributed by atoms with Crippen LogP contribution in [0.1, 0.15) is 6.42 Å². The van der Waals surface area contributed by atoms with Crippen LogP contribution in [-0.2, 0) is 6.54 Å². The van der Waals surface area contributed by atoms with Gasteiger partial charge in [0.1, 0.15) is 0 Å². The van der Waals surface area contributed by atoms with Gasteiger partial charge in [0.2, 0.25) is 0 Å². The fraction of sp³-hybridized carbons (Fsp3) is 0.556. The zero-order valence-electron chi connectivity index (χ0n) is 7.64. The maximum Gasteiger partial charge on any atom is 0.328 e. The summed E-state index contributed by atoms with van der Waals surface area (Å²) in [6, 6.07) is 1.33. The smallest absolute Gasteiger partial charge is 0.328 e. The SMILES string of the molecule is O=c1ccn(C[C@H]2C[C@H]2CO)c(=O)[nH]1. The minimum Gasteiger partial charge on any atom is -0.396 e. The van der Waals surface area contributed by atoms with E-state index < -0.39 is 0 Å². The Labute approximate surface area is 80.0 Å². The van der Waals surface area contributed by atoms with Gasteiger partial charge in [0, 0.05) is 25.4 Å². The van der Waals surface area contributed by atoms with Crippen LogP contribution < -0.4 is 11.2 Å². The molecule has 0 radical (unpaired) electrons. The van der Waals surface area contributed by atoms with Gasteiger partial charge in [0.25, 0.3) is 5.56 Å². The lowest BCUT2D eigenvalue weighted by molar-refractivity contribution is 0.265. The standard InChI is InChI=1S/C9H12N2O3/c12-5-7-3-6(7)4-11-2-1-8(13)10-9(11)14/h1-2,6-7,12H,3-5H2,(H,10,13,14)/t6-,7+/m1/s1. The fourth-order valence-corrected chi connectivity index (χ4v) is 1.60. The van der Waals surface area contributed by atoms with Gasteiger partial charge in [-0.05, 0) is 18.3 Å². The van der Waals surface area contributed by atoms with Gasteiger partial charge >= 0.3 is 5.69 Å². The molecule has 0 amide bonds. The minimum atomic E-state index is -0.374. The Balaban J connectivity index is 2.11. The molecule has 1 heterocycles. The number of aromatic nitrogens is 2. The zero-order chi connectivity index (χ0) is 10.1. The Hall–Kier alpha value is -1.36. The van der Waals surface area contributed by atoms with Crippen LogP contribution in [-0.4, -0.2) is 21.3 Å². The van der Waals surface area contributed by atoms with Crippen molar-refractivity contribution in [2.75, 3.05) is 6.61 Å². The molecule has 1 aliphatic carbocycles. The van der Waals surface area contributed by atoms with Gasteiger partial charge in [-0.3, -0.25) is 9.78 Å². The van der Waals surface area contributed by atoms with Gasteiger partial charge in [0.05, 0.1) is 0 Å². The van der Waals surface area contributed by atoms with Crippen molar-refractivity contribution in [3.8, 4) is 0 Å². The van der Waals surface area contributed by atoms with Crippen molar-refractivity contribution in [3.05, 3.63) is 33.1 Å². The van der Waals surface area contributed by atoms with E-state index in [0.717, 1.165) is 6.42 Å². The Kier molecular flexibility index (Phi) is 2.25. The molecule has 76 valence electrons. The maximum absolute atomic E-state index is 11.2. The second-order valence-electron chi connectivity index (χ2n) is 3.70. The molecule has 1 aromatic rings. The summed E-state index contributed by atoms with van der Waals surface area (Å²) in [5.41, 5.74) is -0.748. The molecule has 2 atom stereocenters. The van der Waals surface area contributed by atoms with Crippen molar-refractivity contribution in [1.82, 2.24) is 9.55 Å². The first-order valence-electron chi connectivity index (χ1n) is 4.61. The van der Waals surface area contributed by atoms with Gasteiger partial charge in [-0.2, -0.15) is 0 Å². The van der Waals surface area contributed by atoms with E-state index in [1.807, 2.05) is 0 Å². The number of aliphatic hydroxyl groups excluding tert-OH is 1. The highest BCUT2D eigenvalue weighted by Crippen LogP contribution is 2.38. The third kappa shape index (κ3) is 1.77. The summed E-state index contributed by atoms with van der Waals surface area (Å²) in [7, 11) is 0. The summed E-state index contributed by atoms with van der Waals surface area (Å²) in [5, 5.41) is 8.82. The first-order chi connectivity index (χ1) is 6.70. The van der Waals surface area contributed by atoms with Crippen LogP contribution in [0.4, 0.5) is 0 Å². The monoisotopic (exact) mass is 196 g/mol. The second-order valence-corrected chi connectivity index (χ2v) is 3.70. The van der Waals surface area contributed by atoms with Crippen molar-refractivity contribution < 1.29 is 5.11 Å². The molecule has 0 spiro atoms. The molecule has 0 unspecified atom stereocenters. The summed E-state index contributed by atoms with van der Waals surface area (Å²) in [6.07, 6.45) is 2.45. The number of aliphatic hydroxyl groups is 1. The predicted molar refractivity (Wildman–Crippen MR) is 50.0 cm³/mol. The van der Waals surface area contributed by atoms with E-state index >= 15 is 0 Å². The number of hydrogen-bond acceptors (Lipinski definition) is 3. The number of rotatable bonds is 3. The van der Waals surface area contributed by atoms with E-state index in [9.17, 15) is 9.59 Å². The third-order valence-electron chi connectivity index (χ3n) is 2.63. The Bertz CT molecular complexity index is 434. The molecular weight excluding hydrogens is 184 g/mol. The highest BCUT2D eigenvalue weighted by molar-refractivity contribution is 4.89. The van der Waals surface area contributed by atoms with E-state index in [1.54, 1.807) is 0 Å². The zero-order valence-corrected chi connectivity index (χ0v) is 7.64. The molecule has 2 N–H and O–H groups in total. The van der Waals surface area contributed by atoms with E-state index in [0.29, 0.717) is 18.4 Å². The lowest BCUT2D eigenvalue weighted by Gasteiger charge is -2.02. The highest BCUT2D eigenvalue weighted by Gasteiger charge is 2.36. The first kappa shape index (κ1) is 9.21. The maximum atomic E-state index is 11.2. The molecule has 1 aromatic heterocycles. The summed E-state index contributed by atoms with van der Waals surface area (Å²) in [5.74, 6) is 0.706. The van der Waals surface area contributed by atoms with Gasteiger partial charge in [0.15, 0.2) is 0 Å². The van der Waals surface area contributed by atoms with Crippen LogP contribution in [0.5, 0.6) is 0 Å². The largest absolute Gasteiger partial charge is 0.396 e. The van der Waals surface area contributed by atoms with Crippen LogP contribution >= 0.6 is 0 Å². The van der Waals surface area contributed by atoms with Crippen LogP contribution in [0.25, 0.3) is 0 Å². The number of aromatic amines is 1. The molecule has 5 heteroatoms. The second kappa shape index (κ2) is 3.42. The molecular formula is C9H12N2O3. The molecule has 1 aliphatic rings. The van der Waals surface area contributed by atoms with Gasteiger partial charge < -0.3 is 9.67 Å². The molecule has 14 heavy (non-hydrogen) atoms. The number of H-pyrrole nitrogens is 1.